The molecule has 2 rings (SSSR count). The van der Waals surface area contributed by atoms with Gasteiger partial charge in [-0.25, -0.2) is 13.8 Å². The van der Waals surface area contributed by atoms with E-state index in [9.17, 15) is 8.78 Å². The number of oxazole rings is 1. The van der Waals surface area contributed by atoms with Crippen LogP contribution >= 0.6 is 0 Å². The number of aliphatic hydroxyl groups is 1. The van der Waals surface area contributed by atoms with Gasteiger partial charge in [-0.2, -0.15) is 0 Å². The standard InChI is InChI=1S/C15H17F2NO2/c1-10-13(9-19)20-14(18-10)8-5-11-3-6-12(7-4-11)15(2,16)17/h3-4,6-7,19H,5,8-9H2,1-2H3. The number of halogens is 2. The molecule has 1 aromatic carbocycles. The second-order valence-corrected chi connectivity index (χ2v) is 4.86. The number of hydrogen-bond acceptors (Lipinski definition) is 3. The molecule has 0 saturated carbocycles. The first kappa shape index (κ1) is 14.7. The number of rotatable bonds is 5. The molecule has 0 fully saturated rings. The minimum atomic E-state index is -2.81. The SMILES string of the molecule is Cc1nc(CCc2ccc(C(C)(F)F)cc2)oc1CO. The van der Waals surface area contributed by atoms with Crippen LogP contribution in [-0.2, 0) is 25.4 Å². The second kappa shape index (κ2) is 5.71. The van der Waals surface area contributed by atoms with Crippen molar-refractivity contribution in [1.29, 1.82) is 0 Å². The van der Waals surface area contributed by atoms with Crippen molar-refractivity contribution in [3.8, 4) is 0 Å². The molecule has 0 saturated heterocycles. The summed E-state index contributed by atoms with van der Waals surface area (Å²) in [5.41, 5.74) is 1.64. The molecular formula is C15H17F2NO2. The van der Waals surface area contributed by atoms with Crippen LogP contribution in [0.15, 0.2) is 28.7 Å². The zero-order valence-corrected chi connectivity index (χ0v) is 11.5. The van der Waals surface area contributed by atoms with E-state index in [2.05, 4.69) is 4.98 Å². The van der Waals surface area contributed by atoms with Gasteiger partial charge in [-0.3, -0.25) is 0 Å². The molecule has 20 heavy (non-hydrogen) atoms. The van der Waals surface area contributed by atoms with Gasteiger partial charge in [-0.1, -0.05) is 24.3 Å². The fourth-order valence-corrected chi connectivity index (χ4v) is 1.96. The highest BCUT2D eigenvalue weighted by Gasteiger charge is 2.23. The van der Waals surface area contributed by atoms with Gasteiger partial charge in [0.1, 0.15) is 6.61 Å². The Labute approximate surface area is 116 Å². The minimum absolute atomic E-state index is 0.00999. The Hall–Kier alpha value is -1.75. The lowest BCUT2D eigenvalue weighted by Gasteiger charge is -2.10. The Balaban J connectivity index is 2.00. The Morgan fingerprint density at radius 3 is 2.35 bits per heavy atom. The van der Waals surface area contributed by atoms with E-state index in [1.807, 2.05) is 0 Å². The van der Waals surface area contributed by atoms with E-state index in [0.717, 1.165) is 12.5 Å². The smallest absolute Gasteiger partial charge is 0.270 e. The van der Waals surface area contributed by atoms with Crippen molar-refractivity contribution in [3.05, 3.63) is 52.7 Å². The summed E-state index contributed by atoms with van der Waals surface area (Å²) < 4.78 is 31.5. The summed E-state index contributed by atoms with van der Waals surface area (Å²) >= 11 is 0. The number of aliphatic hydroxyl groups excluding tert-OH is 1. The summed E-state index contributed by atoms with van der Waals surface area (Å²) in [5, 5.41) is 9.02. The lowest BCUT2D eigenvalue weighted by atomic mass is 10.0. The van der Waals surface area contributed by atoms with Crippen molar-refractivity contribution in [2.75, 3.05) is 0 Å². The maximum absolute atomic E-state index is 13.1. The van der Waals surface area contributed by atoms with E-state index in [1.54, 1.807) is 19.1 Å². The third-order valence-electron chi connectivity index (χ3n) is 3.17. The normalized spacial score (nSPS) is 11.8. The average Bonchev–Trinajstić information content (AvgIpc) is 2.76. The van der Waals surface area contributed by atoms with Crippen molar-refractivity contribution < 1.29 is 18.3 Å². The minimum Gasteiger partial charge on any atom is -0.443 e. The first-order valence-electron chi connectivity index (χ1n) is 6.43. The predicted molar refractivity (Wildman–Crippen MR) is 70.6 cm³/mol. The molecule has 5 heteroatoms. The van der Waals surface area contributed by atoms with Crippen LogP contribution in [0.5, 0.6) is 0 Å². The molecule has 0 aliphatic rings. The highest BCUT2D eigenvalue weighted by molar-refractivity contribution is 5.25. The molecule has 0 amide bonds. The summed E-state index contributed by atoms with van der Waals surface area (Å²) in [6, 6.07) is 6.26. The fourth-order valence-electron chi connectivity index (χ4n) is 1.96. The molecule has 1 heterocycles. The molecule has 0 atom stereocenters. The third kappa shape index (κ3) is 3.42. The van der Waals surface area contributed by atoms with Gasteiger partial charge < -0.3 is 9.52 Å². The zero-order chi connectivity index (χ0) is 14.8. The van der Waals surface area contributed by atoms with Gasteiger partial charge in [0.25, 0.3) is 5.92 Å². The van der Waals surface area contributed by atoms with Crippen molar-refractivity contribution in [2.24, 2.45) is 0 Å². The lowest BCUT2D eigenvalue weighted by Crippen LogP contribution is -2.06. The van der Waals surface area contributed by atoms with E-state index >= 15 is 0 Å². The second-order valence-electron chi connectivity index (χ2n) is 4.86. The predicted octanol–water partition coefficient (Wildman–Crippen LogP) is 3.37. The van der Waals surface area contributed by atoms with Crippen LogP contribution in [0.4, 0.5) is 8.78 Å². The zero-order valence-electron chi connectivity index (χ0n) is 11.5. The monoisotopic (exact) mass is 281 g/mol. The molecule has 2 aromatic rings. The van der Waals surface area contributed by atoms with E-state index in [-0.39, 0.29) is 12.2 Å². The van der Waals surface area contributed by atoms with Crippen LogP contribution in [-0.4, -0.2) is 10.1 Å². The highest BCUT2D eigenvalue weighted by Crippen LogP contribution is 2.27. The molecule has 1 aromatic heterocycles. The number of aromatic nitrogens is 1. The average molecular weight is 281 g/mol. The fraction of sp³-hybridized carbons (Fsp3) is 0.400. The van der Waals surface area contributed by atoms with Gasteiger partial charge in [-0.15, -0.1) is 0 Å². The Morgan fingerprint density at radius 1 is 1.20 bits per heavy atom. The molecule has 0 radical (unpaired) electrons. The van der Waals surface area contributed by atoms with Crippen LogP contribution in [0.3, 0.4) is 0 Å². The Kier molecular flexibility index (Phi) is 4.18. The molecule has 1 N–H and O–H groups in total. The number of alkyl halides is 2. The molecule has 0 bridgehead atoms. The third-order valence-corrected chi connectivity index (χ3v) is 3.17. The molecule has 0 aliphatic carbocycles. The molecule has 0 spiro atoms. The summed E-state index contributed by atoms with van der Waals surface area (Å²) in [6.45, 7) is 2.49. The maximum atomic E-state index is 13.1. The van der Waals surface area contributed by atoms with Crippen molar-refractivity contribution >= 4 is 0 Å². The topological polar surface area (TPSA) is 46.3 Å². The molecule has 0 aliphatic heterocycles. The Morgan fingerprint density at radius 2 is 1.85 bits per heavy atom. The largest absolute Gasteiger partial charge is 0.443 e. The number of benzene rings is 1. The maximum Gasteiger partial charge on any atom is 0.270 e. The van der Waals surface area contributed by atoms with Crippen LogP contribution in [0.25, 0.3) is 0 Å². The summed E-state index contributed by atoms with van der Waals surface area (Å²) in [4.78, 5) is 4.21. The molecule has 108 valence electrons. The van der Waals surface area contributed by atoms with Gasteiger partial charge in [0.05, 0.1) is 5.69 Å². The van der Waals surface area contributed by atoms with Crippen LogP contribution in [0.1, 0.15) is 35.4 Å². The van der Waals surface area contributed by atoms with Crippen molar-refractivity contribution in [2.45, 2.75) is 39.2 Å². The van der Waals surface area contributed by atoms with Gasteiger partial charge in [0, 0.05) is 18.9 Å². The quantitative estimate of drug-likeness (QED) is 0.914. The molecule has 3 nitrogen and oxygen atoms in total. The number of nitrogens with zero attached hydrogens (tertiary/aromatic N) is 1. The van der Waals surface area contributed by atoms with Crippen LogP contribution in [0.2, 0.25) is 0 Å². The number of aryl methyl sites for hydroxylation is 3. The highest BCUT2D eigenvalue weighted by atomic mass is 19.3. The van der Waals surface area contributed by atoms with E-state index < -0.39 is 5.92 Å². The van der Waals surface area contributed by atoms with E-state index in [1.165, 1.54) is 12.1 Å². The first-order valence-corrected chi connectivity index (χ1v) is 6.43. The lowest BCUT2D eigenvalue weighted by molar-refractivity contribution is 0.0174. The van der Waals surface area contributed by atoms with E-state index in [4.69, 9.17) is 9.52 Å². The summed E-state index contributed by atoms with van der Waals surface area (Å²) in [6.07, 6.45) is 1.23. The van der Waals surface area contributed by atoms with Crippen molar-refractivity contribution in [1.82, 2.24) is 4.98 Å². The van der Waals surface area contributed by atoms with E-state index in [0.29, 0.717) is 30.2 Å². The van der Waals surface area contributed by atoms with Gasteiger partial charge in [0.2, 0.25) is 0 Å². The van der Waals surface area contributed by atoms with Crippen LogP contribution in [0, 0.1) is 6.92 Å². The Bertz CT molecular complexity index is 571. The summed E-state index contributed by atoms with van der Waals surface area (Å²) in [5.74, 6) is -1.79. The molecule has 0 unspecified atom stereocenters. The van der Waals surface area contributed by atoms with Gasteiger partial charge in [-0.05, 0) is 18.9 Å². The first-order chi connectivity index (χ1) is 9.40. The van der Waals surface area contributed by atoms with Gasteiger partial charge in [0.15, 0.2) is 11.7 Å². The summed E-state index contributed by atoms with van der Waals surface area (Å²) in [7, 11) is 0. The molecular weight excluding hydrogens is 264 g/mol. The number of hydrogen-bond donors (Lipinski definition) is 1. The van der Waals surface area contributed by atoms with Crippen molar-refractivity contribution in [3.63, 3.8) is 0 Å². The van der Waals surface area contributed by atoms with Crippen LogP contribution < -0.4 is 0 Å². The van der Waals surface area contributed by atoms with Gasteiger partial charge >= 0.3 is 0 Å².